The van der Waals surface area contributed by atoms with Gasteiger partial charge in [0, 0.05) is 18.2 Å². The van der Waals surface area contributed by atoms with Crippen molar-refractivity contribution in [2.45, 2.75) is 26.3 Å². The fraction of sp³-hybridized carbons (Fsp3) is 0.600. The molecule has 0 aromatic heterocycles. The average molecular weight is 286 g/mol. The van der Waals surface area contributed by atoms with Crippen LogP contribution >= 0.6 is 0 Å². The molecular formula is C15H21F3N2. The maximum Gasteiger partial charge on any atom is 0.161 e. The third kappa shape index (κ3) is 3.96. The second-order valence-corrected chi connectivity index (χ2v) is 5.38. The molecule has 1 aliphatic rings. The van der Waals surface area contributed by atoms with Crippen molar-refractivity contribution in [3.63, 3.8) is 0 Å². The van der Waals surface area contributed by atoms with E-state index in [1.165, 1.54) is 0 Å². The first-order chi connectivity index (χ1) is 9.60. The van der Waals surface area contributed by atoms with Gasteiger partial charge in [-0.15, -0.1) is 0 Å². The summed E-state index contributed by atoms with van der Waals surface area (Å²) in [4.78, 5) is 2.10. The van der Waals surface area contributed by atoms with E-state index in [9.17, 15) is 13.2 Å². The summed E-state index contributed by atoms with van der Waals surface area (Å²) in [7, 11) is 0. The van der Waals surface area contributed by atoms with Crippen LogP contribution in [-0.4, -0.2) is 31.1 Å². The van der Waals surface area contributed by atoms with E-state index in [4.69, 9.17) is 0 Å². The molecule has 0 atom stereocenters. The summed E-state index contributed by atoms with van der Waals surface area (Å²) in [5, 5.41) is 3.34. The summed E-state index contributed by atoms with van der Waals surface area (Å²) in [6.45, 7) is 6.16. The SMILES string of the molecule is CCNCC1CCN(Cc2cc(F)c(F)cc2F)CC1. The first-order valence-electron chi connectivity index (χ1n) is 7.16. The quantitative estimate of drug-likeness (QED) is 0.837. The van der Waals surface area contributed by atoms with Gasteiger partial charge in [-0.1, -0.05) is 6.92 Å². The van der Waals surface area contributed by atoms with E-state index in [-0.39, 0.29) is 5.56 Å². The van der Waals surface area contributed by atoms with Gasteiger partial charge < -0.3 is 5.32 Å². The summed E-state index contributed by atoms with van der Waals surface area (Å²) in [6, 6.07) is 1.60. The molecule has 1 fully saturated rings. The Hall–Kier alpha value is -1.07. The Morgan fingerprint density at radius 3 is 2.40 bits per heavy atom. The Kier molecular flexibility index (Phi) is 5.43. The zero-order valence-electron chi connectivity index (χ0n) is 11.8. The summed E-state index contributed by atoms with van der Waals surface area (Å²) in [5.74, 6) is -2.13. The second kappa shape index (κ2) is 7.09. The molecule has 0 unspecified atom stereocenters. The van der Waals surface area contributed by atoms with E-state index in [1.807, 2.05) is 0 Å². The van der Waals surface area contributed by atoms with Crippen molar-refractivity contribution in [3.8, 4) is 0 Å². The molecule has 1 aromatic carbocycles. The molecule has 1 aliphatic heterocycles. The Morgan fingerprint density at radius 2 is 1.75 bits per heavy atom. The van der Waals surface area contributed by atoms with Crippen molar-refractivity contribution < 1.29 is 13.2 Å². The largest absolute Gasteiger partial charge is 0.317 e. The minimum absolute atomic E-state index is 0.231. The van der Waals surface area contributed by atoms with E-state index in [1.54, 1.807) is 0 Å². The zero-order valence-corrected chi connectivity index (χ0v) is 11.8. The molecule has 1 N–H and O–H groups in total. The van der Waals surface area contributed by atoms with E-state index >= 15 is 0 Å². The lowest BCUT2D eigenvalue weighted by atomic mass is 9.96. The van der Waals surface area contributed by atoms with Crippen molar-refractivity contribution in [2.24, 2.45) is 5.92 Å². The minimum Gasteiger partial charge on any atom is -0.317 e. The molecule has 2 rings (SSSR count). The average Bonchev–Trinajstić information content (AvgIpc) is 2.44. The zero-order chi connectivity index (χ0) is 14.5. The molecule has 5 heteroatoms. The number of nitrogens with zero attached hydrogens (tertiary/aromatic N) is 1. The van der Waals surface area contributed by atoms with Crippen LogP contribution in [0.5, 0.6) is 0 Å². The number of benzene rings is 1. The first-order valence-corrected chi connectivity index (χ1v) is 7.16. The summed E-state index contributed by atoms with van der Waals surface area (Å²) in [6.07, 6.45) is 2.11. The maximum absolute atomic E-state index is 13.6. The summed E-state index contributed by atoms with van der Waals surface area (Å²) in [5.41, 5.74) is 0.231. The van der Waals surface area contributed by atoms with Crippen LogP contribution < -0.4 is 5.32 Å². The van der Waals surface area contributed by atoms with Gasteiger partial charge in [-0.25, -0.2) is 13.2 Å². The highest BCUT2D eigenvalue weighted by Crippen LogP contribution is 2.21. The maximum atomic E-state index is 13.6. The van der Waals surface area contributed by atoms with Gasteiger partial charge in [-0.2, -0.15) is 0 Å². The third-order valence-electron chi connectivity index (χ3n) is 3.87. The normalized spacial score (nSPS) is 17.6. The van der Waals surface area contributed by atoms with Crippen molar-refractivity contribution in [3.05, 3.63) is 35.1 Å². The molecule has 20 heavy (non-hydrogen) atoms. The second-order valence-electron chi connectivity index (χ2n) is 5.38. The molecule has 1 saturated heterocycles. The van der Waals surface area contributed by atoms with Crippen molar-refractivity contribution >= 4 is 0 Å². The number of nitrogens with one attached hydrogen (secondary N) is 1. The van der Waals surface area contributed by atoms with E-state index in [0.29, 0.717) is 18.5 Å². The van der Waals surface area contributed by atoms with Crippen molar-refractivity contribution in [2.75, 3.05) is 26.2 Å². The number of halogens is 3. The van der Waals surface area contributed by atoms with Crippen LogP contribution in [-0.2, 0) is 6.54 Å². The predicted molar refractivity (Wildman–Crippen MR) is 72.9 cm³/mol. The van der Waals surface area contributed by atoms with Crippen LogP contribution in [0.1, 0.15) is 25.3 Å². The van der Waals surface area contributed by atoms with Crippen LogP contribution in [0.4, 0.5) is 13.2 Å². The Balaban J connectivity index is 1.88. The Labute approximate surface area is 118 Å². The predicted octanol–water partition coefficient (Wildman–Crippen LogP) is 2.93. The minimum atomic E-state index is -1.13. The van der Waals surface area contributed by atoms with Gasteiger partial charge in [0.25, 0.3) is 0 Å². The lowest BCUT2D eigenvalue weighted by Gasteiger charge is -2.32. The van der Waals surface area contributed by atoms with Gasteiger partial charge in [0.1, 0.15) is 5.82 Å². The van der Waals surface area contributed by atoms with Gasteiger partial charge in [-0.3, -0.25) is 4.90 Å². The molecule has 0 amide bonds. The lowest BCUT2D eigenvalue weighted by molar-refractivity contribution is 0.174. The highest BCUT2D eigenvalue weighted by Gasteiger charge is 2.20. The molecule has 2 nitrogen and oxygen atoms in total. The lowest BCUT2D eigenvalue weighted by Crippen LogP contribution is -2.37. The number of likely N-dealkylation sites (tertiary alicyclic amines) is 1. The first kappa shape index (κ1) is 15.3. The number of piperidine rings is 1. The molecule has 0 spiro atoms. The highest BCUT2D eigenvalue weighted by atomic mass is 19.2. The van der Waals surface area contributed by atoms with Crippen molar-refractivity contribution in [1.29, 1.82) is 0 Å². The van der Waals surface area contributed by atoms with Gasteiger partial charge in [0.2, 0.25) is 0 Å². The fourth-order valence-corrected chi connectivity index (χ4v) is 2.62. The molecule has 0 aliphatic carbocycles. The van der Waals surface area contributed by atoms with E-state index in [2.05, 4.69) is 17.1 Å². The molecule has 0 radical (unpaired) electrons. The molecule has 1 aromatic rings. The van der Waals surface area contributed by atoms with Crippen LogP contribution in [0.3, 0.4) is 0 Å². The molecule has 0 bridgehead atoms. The monoisotopic (exact) mass is 286 g/mol. The Morgan fingerprint density at radius 1 is 1.10 bits per heavy atom. The summed E-state index contributed by atoms with van der Waals surface area (Å²) < 4.78 is 39.6. The highest BCUT2D eigenvalue weighted by molar-refractivity contribution is 5.20. The third-order valence-corrected chi connectivity index (χ3v) is 3.87. The van der Waals surface area contributed by atoms with Crippen LogP contribution in [0.25, 0.3) is 0 Å². The Bertz CT molecular complexity index is 443. The smallest absolute Gasteiger partial charge is 0.161 e. The van der Waals surface area contributed by atoms with E-state index in [0.717, 1.165) is 45.1 Å². The van der Waals surface area contributed by atoms with Gasteiger partial charge in [0.15, 0.2) is 11.6 Å². The molecule has 0 saturated carbocycles. The summed E-state index contributed by atoms with van der Waals surface area (Å²) >= 11 is 0. The van der Waals surface area contributed by atoms with Crippen LogP contribution in [0, 0.1) is 23.4 Å². The topological polar surface area (TPSA) is 15.3 Å². The molecule has 112 valence electrons. The van der Waals surface area contributed by atoms with Crippen LogP contribution in [0.15, 0.2) is 12.1 Å². The van der Waals surface area contributed by atoms with Crippen LogP contribution in [0.2, 0.25) is 0 Å². The molecule has 1 heterocycles. The number of hydrogen-bond donors (Lipinski definition) is 1. The molecular weight excluding hydrogens is 265 g/mol. The van der Waals surface area contributed by atoms with Gasteiger partial charge in [-0.05, 0) is 51.0 Å². The van der Waals surface area contributed by atoms with E-state index < -0.39 is 17.5 Å². The van der Waals surface area contributed by atoms with Gasteiger partial charge >= 0.3 is 0 Å². The van der Waals surface area contributed by atoms with Gasteiger partial charge in [0.05, 0.1) is 0 Å². The standard InChI is InChI=1S/C15H21F3N2/c1-2-19-9-11-3-5-20(6-4-11)10-12-7-14(17)15(18)8-13(12)16/h7-8,11,19H,2-6,9-10H2,1H3. The number of hydrogen-bond acceptors (Lipinski definition) is 2. The number of rotatable bonds is 5. The fourth-order valence-electron chi connectivity index (χ4n) is 2.62. The van der Waals surface area contributed by atoms with Crippen molar-refractivity contribution in [1.82, 2.24) is 10.2 Å².